The average molecular weight is 350 g/mol. The lowest BCUT2D eigenvalue weighted by molar-refractivity contribution is 0.0437. The van der Waals surface area contributed by atoms with Gasteiger partial charge in [-0.2, -0.15) is 13.5 Å². The molecule has 0 amide bonds. The number of hydrazone groups is 1. The molecule has 6 heteroatoms. The van der Waals surface area contributed by atoms with Crippen LogP contribution in [0.2, 0.25) is 0 Å². The Morgan fingerprint density at radius 2 is 2.04 bits per heavy atom. The fourth-order valence-electron chi connectivity index (χ4n) is 3.33. The van der Waals surface area contributed by atoms with Gasteiger partial charge in [-0.3, -0.25) is 0 Å². The third kappa shape index (κ3) is 3.49. The Morgan fingerprint density at radius 3 is 2.71 bits per heavy atom. The summed E-state index contributed by atoms with van der Waals surface area (Å²) >= 11 is 0. The van der Waals surface area contributed by atoms with Gasteiger partial charge in [0, 0.05) is 0 Å². The fraction of sp³-hybridized carbons (Fsp3) is 0.611. The molecule has 0 heterocycles. The molecule has 0 bridgehead atoms. The van der Waals surface area contributed by atoms with Gasteiger partial charge in [0.25, 0.3) is 10.0 Å². The summed E-state index contributed by atoms with van der Waals surface area (Å²) in [5.74, 6) is 0.945. The van der Waals surface area contributed by atoms with Crippen molar-refractivity contribution in [3.05, 3.63) is 29.8 Å². The molecule has 0 aromatic heterocycles. The quantitative estimate of drug-likeness (QED) is 0.801. The number of benzene rings is 1. The second-order valence-corrected chi connectivity index (χ2v) is 9.01. The number of nitrogens with zero attached hydrogens (tertiary/aromatic N) is 1. The van der Waals surface area contributed by atoms with Crippen LogP contribution in [0.25, 0.3) is 0 Å². The monoisotopic (exact) mass is 350 g/mol. The molecule has 1 aromatic carbocycles. The van der Waals surface area contributed by atoms with Crippen molar-refractivity contribution in [1.29, 1.82) is 0 Å². The van der Waals surface area contributed by atoms with Crippen molar-refractivity contribution >= 4 is 15.7 Å². The average Bonchev–Trinajstić information content (AvgIpc) is 3.27. The van der Waals surface area contributed by atoms with Crippen molar-refractivity contribution in [2.75, 3.05) is 6.61 Å². The number of hydrogen-bond donors (Lipinski definition) is 1. The second-order valence-electron chi connectivity index (χ2n) is 7.35. The maximum Gasteiger partial charge on any atom is 0.276 e. The van der Waals surface area contributed by atoms with Gasteiger partial charge in [-0.25, -0.2) is 4.83 Å². The molecule has 24 heavy (non-hydrogen) atoms. The van der Waals surface area contributed by atoms with Crippen molar-refractivity contribution in [1.82, 2.24) is 4.83 Å². The van der Waals surface area contributed by atoms with E-state index in [1.165, 1.54) is 0 Å². The molecule has 0 aliphatic heterocycles. The molecule has 1 N–H and O–H groups in total. The maximum absolute atomic E-state index is 12.4. The van der Waals surface area contributed by atoms with E-state index in [0.717, 1.165) is 37.0 Å². The first-order valence-electron chi connectivity index (χ1n) is 8.63. The first-order chi connectivity index (χ1) is 11.3. The van der Waals surface area contributed by atoms with Crippen molar-refractivity contribution < 1.29 is 13.2 Å². The van der Waals surface area contributed by atoms with Crippen LogP contribution < -0.4 is 4.83 Å². The van der Waals surface area contributed by atoms with Gasteiger partial charge in [0.2, 0.25) is 0 Å². The van der Waals surface area contributed by atoms with E-state index in [0.29, 0.717) is 18.4 Å². The molecule has 2 aliphatic carbocycles. The Balaban J connectivity index is 1.76. The summed E-state index contributed by atoms with van der Waals surface area (Å²) in [7, 11) is -3.63. The Hall–Kier alpha value is -1.40. The molecular formula is C18H26N2O3S. The minimum atomic E-state index is -3.63. The molecule has 1 aromatic rings. The Morgan fingerprint density at radius 1 is 1.33 bits per heavy atom. The first kappa shape index (κ1) is 17.4. The topological polar surface area (TPSA) is 67.8 Å². The van der Waals surface area contributed by atoms with E-state index in [1.54, 1.807) is 24.3 Å². The second kappa shape index (κ2) is 6.48. The normalized spacial score (nSPS) is 28.0. The number of rotatable bonds is 6. The molecule has 132 valence electrons. The number of hydrogen-bond acceptors (Lipinski definition) is 4. The zero-order valence-electron chi connectivity index (χ0n) is 14.6. The van der Waals surface area contributed by atoms with Crippen LogP contribution in [-0.4, -0.2) is 26.3 Å². The van der Waals surface area contributed by atoms with Gasteiger partial charge in [-0.05, 0) is 56.6 Å². The molecule has 3 rings (SSSR count). The molecule has 2 atom stereocenters. The third-order valence-electron chi connectivity index (χ3n) is 4.81. The summed E-state index contributed by atoms with van der Waals surface area (Å²) in [6.45, 7) is 6.84. The van der Waals surface area contributed by atoms with Crippen LogP contribution in [-0.2, 0) is 14.8 Å². The molecule has 5 nitrogen and oxygen atoms in total. The van der Waals surface area contributed by atoms with Crippen LogP contribution >= 0.6 is 0 Å². The molecule has 0 radical (unpaired) electrons. The van der Waals surface area contributed by atoms with Crippen LogP contribution in [0.15, 0.2) is 34.3 Å². The highest BCUT2D eigenvalue weighted by atomic mass is 32.2. The molecule has 2 aliphatic rings. The summed E-state index contributed by atoms with van der Waals surface area (Å²) in [6, 6.07) is 6.77. The highest BCUT2D eigenvalue weighted by Crippen LogP contribution is 2.54. The van der Waals surface area contributed by atoms with Crippen LogP contribution in [0.4, 0.5) is 0 Å². The molecule has 0 spiro atoms. The van der Waals surface area contributed by atoms with Crippen molar-refractivity contribution in [2.24, 2.45) is 16.9 Å². The van der Waals surface area contributed by atoms with Gasteiger partial charge in [0.05, 0.1) is 17.2 Å². The number of nitrogens with one attached hydrogen (secondary N) is 1. The number of sulfonamides is 1. The molecule has 0 saturated heterocycles. The van der Waals surface area contributed by atoms with E-state index in [1.807, 2.05) is 6.92 Å². The molecule has 2 saturated carbocycles. The van der Waals surface area contributed by atoms with E-state index >= 15 is 0 Å². The lowest BCUT2D eigenvalue weighted by Gasteiger charge is -2.25. The predicted octanol–water partition coefficient (Wildman–Crippen LogP) is 3.24. The van der Waals surface area contributed by atoms with E-state index in [9.17, 15) is 8.42 Å². The molecule has 2 unspecified atom stereocenters. The predicted molar refractivity (Wildman–Crippen MR) is 94.4 cm³/mol. The van der Waals surface area contributed by atoms with Gasteiger partial charge in [0.15, 0.2) is 0 Å². The van der Waals surface area contributed by atoms with Gasteiger partial charge in [0.1, 0.15) is 5.60 Å². The minimum absolute atomic E-state index is 0.234. The summed E-state index contributed by atoms with van der Waals surface area (Å²) < 4.78 is 31.0. The number of aryl methyl sites for hydroxylation is 1. The van der Waals surface area contributed by atoms with Crippen molar-refractivity contribution in [3.8, 4) is 0 Å². The van der Waals surface area contributed by atoms with Crippen LogP contribution in [0.1, 0.15) is 45.1 Å². The standard InChI is InChI=1S/C18H26N2O3S/c1-13(2)12-23-18-11-15(18)5-4-6-17(18)19-20-24(21,22)16-9-7-14(3)8-10-16/h7-10,13,15,20H,4-6,11-12H2,1-3H3/b19-17+. The van der Waals surface area contributed by atoms with Crippen LogP contribution in [0.5, 0.6) is 0 Å². The maximum atomic E-state index is 12.4. The van der Waals surface area contributed by atoms with E-state index in [2.05, 4.69) is 23.8 Å². The highest BCUT2D eigenvalue weighted by molar-refractivity contribution is 7.89. The zero-order valence-corrected chi connectivity index (χ0v) is 15.4. The lowest BCUT2D eigenvalue weighted by atomic mass is 9.95. The summed E-state index contributed by atoms with van der Waals surface area (Å²) in [5, 5.41) is 4.28. The Bertz CT molecular complexity index is 725. The Labute approximate surface area is 144 Å². The minimum Gasteiger partial charge on any atom is -0.368 e. The fourth-order valence-corrected chi connectivity index (χ4v) is 4.16. The third-order valence-corrected chi connectivity index (χ3v) is 6.03. The van der Waals surface area contributed by atoms with Crippen LogP contribution in [0.3, 0.4) is 0 Å². The van der Waals surface area contributed by atoms with Crippen molar-refractivity contribution in [2.45, 2.75) is 57.0 Å². The number of fused-ring (bicyclic) bond motifs is 1. The molecular weight excluding hydrogens is 324 g/mol. The van der Waals surface area contributed by atoms with E-state index < -0.39 is 10.0 Å². The number of ether oxygens (including phenoxy) is 1. The highest BCUT2D eigenvalue weighted by Gasteiger charge is 2.60. The summed E-state index contributed by atoms with van der Waals surface area (Å²) in [5.41, 5.74) is 1.56. The van der Waals surface area contributed by atoms with Gasteiger partial charge in [-0.15, -0.1) is 0 Å². The molecule has 2 fully saturated rings. The van der Waals surface area contributed by atoms with Crippen LogP contribution in [0, 0.1) is 18.8 Å². The summed E-state index contributed by atoms with van der Waals surface area (Å²) in [4.78, 5) is 2.65. The summed E-state index contributed by atoms with van der Waals surface area (Å²) in [6.07, 6.45) is 3.94. The SMILES string of the molecule is Cc1ccc(S(=O)(=O)N/N=C2\CCCC3CC23OCC(C)C)cc1. The zero-order chi connectivity index (χ0) is 17.4. The van der Waals surface area contributed by atoms with E-state index in [4.69, 9.17) is 4.74 Å². The smallest absolute Gasteiger partial charge is 0.276 e. The van der Waals surface area contributed by atoms with Gasteiger partial charge >= 0.3 is 0 Å². The largest absolute Gasteiger partial charge is 0.368 e. The van der Waals surface area contributed by atoms with Crippen molar-refractivity contribution in [3.63, 3.8) is 0 Å². The van der Waals surface area contributed by atoms with Gasteiger partial charge < -0.3 is 4.74 Å². The lowest BCUT2D eigenvalue weighted by Crippen LogP contribution is -2.35. The Kier molecular flexibility index (Phi) is 4.71. The first-order valence-corrected chi connectivity index (χ1v) is 10.1. The van der Waals surface area contributed by atoms with Gasteiger partial charge in [-0.1, -0.05) is 31.5 Å². The van der Waals surface area contributed by atoms with E-state index in [-0.39, 0.29) is 10.5 Å².